The Bertz CT molecular complexity index is 584. The smallest absolute Gasteiger partial charge is 0.341 e. The minimum absolute atomic E-state index is 0.385. The first-order valence-electron chi connectivity index (χ1n) is 5.85. The van der Waals surface area contributed by atoms with Gasteiger partial charge < -0.3 is 14.5 Å². The second-order valence-corrected chi connectivity index (χ2v) is 4.49. The van der Waals surface area contributed by atoms with Gasteiger partial charge in [0.2, 0.25) is 0 Å². The van der Waals surface area contributed by atoms with E-state index in [1.807, 2.05) is 18.3 Å². The molecule has 0 unspecified atom stereocenters. The van der Waals surface area contributed by atoms with Crippen LogP contribution in [0.4, 0.5) is 0 Å². The topological polar surface area (TPSA) is 51.3 Å². The number of nitrogens with one attached hydrogen (secondary N) is 1. The molecule has 0 aliphatic rings. The van der Waals surface area contributed by atoms with Crippen molar-refractivity contribution in [1.82, 2.24) is 4.98 Å². The van der Waals surface area contributed by atoms with Gasteiger partial charge in [0.15, 0.2) is 0 Å². The number of H-pyrrole nitrogens is 1. The third-order valence-electron chi connectivity index (χ3n) is 3.06. The summed E-state index contributed by atoms with van der Waals surface area (Å²) in [7, 11) is 2.91. The maximum atomic E-state index is 11.7. The van der Waals surface area contributed by atoms with Crippen molar-refractivity contribution in [3.8, 4) is 5.75 Å². The molecule has 0 fully saturated rings. The van der Waals surface area contributed by atoms with E-state index in [-0.39, 0.29) is 5.97 Å². The molecule has 0 radical (unpaired) electrons. The molecule has 96 valence electrons. The SMILES string of the molecule is COC(=O)c1cc2c(C(C)C)c[nH]c2cc1OC. The Morgan fingerprint density at radius 3 is 2.56 bits per heavy atom. The first kappa shape index (κ1) is 12.5. The van der Waals surface area contributed by atoms with Crippen molar-refractivity contribution < 1.29 is 14.3 Å². The van der Waals surface area contributed by atoms with Crippen molar-refractivity contribution in [2.45, 2.75) is 19.8 Å². The van der Waals surface area contributed by atoms with Crippen LogP contribution in [0.5, 0.6) is 5.75 Å². The highest BCUT2D eigenvalue weighted by atomic mass is 16.5. The Morgan fingerprint density at radius 1 is 1.28 bits per heavy atom. The third kappa shape index (κ3) is 1.94. The Hall–Kier alpha value is -1.97. The van der Waals surface area contributed by atoms with Gasteiger partial charge in [0, 0.05) is 23.2 Å². The first-order chi connectivity index (χ1) is 8.58. The number of ether oxygens (including phenoxy) is 2. The normalized spacial score (nSPS) is 10.9. The van der Waals surface area contributed by atoms with E-state index >= 15 is 0 Å². The molecule has 0 saturated carbocycles. The van der Waals surface area contributed by atoms with Gasteiger partial charge in [0.05, 0.1) is 14.2 Å². The summed E-state index contributed by atoms with van der Waals surface area (Å²) in [5, 5.41) is 1.03. The predicted octanol–water partition coefficient (Wildman–Crippen LogP) is 3.09. The fraction of sp³-hybridized carbons (Fsp3) is 0.357. The molecule has 0 bridgehead atoms. The van der Waals surface area contributed by atoms with Gasteiger partial charge in [-0.1, -0.05) is 13.8 Å². The van der Waals surface area contributed by atoms with Gasteiger partial charge in [-0.3, -0.25) is 0 Å². The molecule has 0 aliphatic heterocycles. The van der Waals surface area contributed by atoms with Gasteiger partial charge in [-0.15, -0.1) is 0 Å². The van der Waals surface area contributed by atoms with Gasteiger partial charge in [-0.2, -0.15) is 0 Å². The summed E-state index contributed by atoms with van der Waals surface area (Å²) < 4.78 is 10.0. The number of benzene rings is 1. The van der Waals surface area contributed by atoms with Crippen LogP contribution in [0.3, 0.4) is 0 Å². The van der Waals surface area contributed by atoms with Crippen LogP contribution in [0.25, 0.3) is 10.9 Å². The van der Waals surface area contributed by atoms with Gasteiger partial charge in [0.25, 0.3) is 0 Å². The van der Waals surface area contributed by atoms with E-state index in [4.69, 9.17) is 9.47 Å². The maximum absolute atomic E-state index is 11.7. The summed E-state index contributed by atoms with van der Waals surface area (Å²) in [6, 6.07) is 3.65. The Morgan fingerprint density at radius 2 is 2.00 bits per heavy atom. The van der Waals surface area contributed by atoms with Crippen molar-refractivity contribution in [2.75, 3.05) is 14.2 Å². The van der Waals surface area contributed by atoms with Crippen molar-refractivity contribution in [2.24, 2.45) is 0 Å². The van der Waals surface area contributed by atoms with Gasteiger partial charge >= 0.3 is 5.97 Å². The number of rotatable bonds is 3. The third-order valence-corrected chi connectivity index (χ3v) is 3.06. The van der Waals surface area contributed by atoms with E-state index in [1.165, 1.54) is 12.7 Å². The van der Waals surface area contributed by atoms with E-state index in [2.05, 4.69) is 18.8 Å². The molecule has 0 atom stereocenters. The summed E-state index contributed by atoms with van der Waals surface area (Å²) in [5.74, 6) is 0.522. The fourth-order valence-electron chi connectivity index (χ4n) is 2.09. The zero-order valence-corrected chi connectivity index (χ0v) is 11.0. The van der Waals surface area contributed by atoms with Crippen LogP contribution < -0.4 is 4.74 Å². The van der Waals surface area contributed by atoms with E-state index in [0.717, 1.165) is 10.9 Å². The maximum Gasteiger partial charge on any atom is 0.341 e. The summed E-state index contributed by atoms with van der Waals surface area (Å²) in [6.45, 7) is 4.23. The summed E-state index contributed by atoms with van der Waals surface area (Å²) in [6.07, 6.45) is 1.97. The molecule has 0 aliphatic carbocycles. The lowest BCUT2D eigenvalue weighted by molar-refractivity contribution is 0.0597. The van der Waals surface area contributed by atoms with Crippen LogP contribution in [0.2, 0.25) is 0 Å². The van der Waals surface area contributed by atoms with Crippen LogP contribution in [-0.2, 0) is 4.74 Å². The van der Waals surface area contributed by atoms with E-state index in [1.54, 1.807) is 7.11 Å². The number of aromatic nitrogens is 1. The lowest BCUT2D eigenvalue weighted by atomic mass is 10.0. The van der Waals surface area contributed by atoms with Gasteiger partial charge in [-0.05, 0) is 17.5 Å². The monoisotopic (exact) mass is 247 g/mol. The predicted molar refractivity (Wildman–Crippen MR) is 70.3 cm³/mol. The number of methoxy groups -OCH3 is 2. The van der Waals surface area contributed by atoms with Crippen molar-refractivity contribution in [1.29, 1.82) is 0 Å². The number of hydrogen-bond acceptors (Lipinski definition) is 3. The molecule has 4 nitrogen and oxygen atoms in total. The molecule has 0 saturated heterocycles. The van der Waals surface area contributed by atoms with Crippen LogP contribution >= 0.6 is 0 Å². The van der Waals surface area contributed by atoms with Crippen LogP contribution in [-0.4, -0.2) is 25.2 Å². The molecule has 1 aromatic carbocycles. The minimum atomic E-state index is -0.385. The van der Waals surface area contributed by atoms with Crippen molar-refractivity contribution in [3.05, 3.63) is 29.5 Å². The molecule has 2 rings (SSSR count). The average Bonchev–Trinajstić information content (AvgIpc) is 2.78. The second kappa shape index (κ2) is 4.72. The number of carbonyl (C=O) groups is 1. The number of fused-ring (bicyclic) bond motifs is 1. The molecule has 1 N–H and O–H groups in total. The number of carbonyl (C=O) groups excluding carboxylic acids is 1. The zero-order chi connectivity index (χ0) is 13.3. The lowest BCUT2D eigenvalue weighted by Gasteiger charge is -2.08. The molecule has 18 heavy (non-hydrogen) atoms. The average molecular weight is 247 g/mol. The van der Waals surface area contributed by atoms with Gasteiger partial charge in [0.1, 0.15) is 11.3 Å². The highest BCUT2D eigenvalue weighted by molar-refractivity contribution is 5.99. The van der Waals surface area contributed by atoms with E-state index in [0.29, 0.717) is 17.2 Å². The molecular formula is C14H17NO3. The summed E-state index contributed by atoms with van der Waals surface area (Å²) >= 11 is 0. The Labute approximate surface area is 106 Å². The molecular weight excluding hydrogens is 230 g/mol. The lowest BCUT2D eigenvalue weighted by Crippen LogP contribution is -2.04. The molecule has 1 aromatic heterocycles. The highest BCUT2D eigenvalue weighted by Crippen LogP contribution is 2.31. The largest absolute Gasteiger partial charge is 0.496 e. The highest BCUT2D eigenvalue weighted by Gasteiger charge is 2.17. The van der Waals surface area contributed by atoms with E-state index in [9.17, 15) is 4.79 Å². The number of hydrogen-bond donors (Lipinski definition) is 1. The summed E-state index contributed by atoms with van der Waals surface area (Å²) in [5.41, 5.74) is 2.59. The van der Waals surface area contributed by atoms with Crippen molar-refractivity contribution in [3.63, 3.8) is 0 Å². The summed E-state index contributed by atoms with van der Waals surface area (Å²) in [4.78, 5) is 14.9. The molecule has 0 amide bonds. The van der Waals surface area contributed by atoms with Crippen LogP contribution in [0, 0.1) is 0 Å². The van der Waals surface area contributed by atoms with Crippen LogP contribution in [0.1, 0.15) is 35.7 Å². The van der Waals surface area contributed by atoms with Gasteiger partial charge in [-0.25, -0.2) is 4.79 Å². The van der Waals surface area contributed by atoms with Crippen molar-refractivity contribution >= 4 is 16.9 Å². The van der Waals surface area contributed by atoms with E-state index < -0.39 is 0 Å². The number of aromatic amines is 1. The molecule has 0 spiro atoms. The fourth-order valence-corrected chi connectivity index (χ4v) is 2.09. The standard InChI is InChI=1S/C14H17NO3/c1-8(2)11-7-15-12-6-13(17-3)10(5-9(11)12)14(16)18-4/h5-8,15H,1-4H3. The zero-order valence-electron chi connectivity index (χ0n) is 11.0. The Balaban J connectivity index is 2.68. The molecule has 1 heterocycles. The second-order valence-electron chi connectivity index (χ2n) is 4.49. The minimum Gasteiger partial charge on any atom is -0.496 e. The first-order valence-corrected chi connectivity index (χ1v) is 5.85. The Kier molecular flexibility index (Phi) is 3.28. The van der Waals surface area contributed by atoms with Crippen LogP contribution in [0.15, 0.2) is 18.3 Å². The molecule has 4 heteroatoms. The number of esters is 1. The molecule has 2 aromatic rings. The quantitative estimate of drug-likeness (QED) is 0.848.